The molecule has 1 rings (SSSR count). The number of carbonyl (C=O) groups excluding carboxylic acids is 1. The predicted molar refractivity (Wildman–Crippen MR) is 69.8 cm³/mol. The molecule has 0 aliphatic carbocycles. The average Bonchev–Trinajstić information content (AvgIpc) is 2.60. The normalized spacial score (nSPS) is 12.2. The minimum absolute atomic E-state index is 0.129. The molecule has 0 radical (unpaired) electrons. The fraction of sp³-hybridized carbons (Fsp3) is 0.545. The van der Waals surface area contributed by atoms with Gasteiger partial charge in [-0.2, -0.15) is 17.7 Å². The summed E-state index contributed by atoms with van der Waals surface area (Å²) in [6.45, 7) is 3.62. The maximum atomic E-state index is 11.8. The van der Waals surface area contributed by atoms with Gasteiger partial charge in [-0.25, -0.2) is 4.79 Å². The lowest BCUT2D eigenvalue weighted by Gasteiger charge is -2.13. The Hall–Kier alpha value is -1.50. The first-order valence-electron chi connectivity index (χ1n) is 5.59. The van der Waals surface area contributed by atoms with Crippen LogP contribution in [0, 0.1) is 13.8 Å². The summed E-state index contributed by atoms with van der Waals surface area (Å²) in [5.41, 5.74) is 2.38. The third kappa shape index (κ3) is 3.76. The average molecular weight is 271 g/mol. The number of thiol groups is 1. The summed E-state index contributed by atoms with van der Waals surface area (Å²) in [5.74, 6) is -0.962. The first-order valence-corrected chi connectivity index (χ1v) is 6.22. The minimum Gasteiger partial charge on any atom is -0.480 e. The Bertz CT molecular complexity index is 425. The highest BCUT2D eigenvalue weighted by Crippen LogP contribution is 2.10. The number of amides is 1. The van der Waals surface area contributed by atoms with E-state index >= 15 is 0 Å². The Morgan fingerprint density at radius 1 is 1.50 bits per heavy atom. The van der Waals surface area contributed by atoms with E-state index in [9.17, 15) is 9.59 Å². The summed E-state index contributed by atoms with van der Waals surface area (Å²) in [6.07, 6.45) is 0.429. The molecule has 1 heterocycles. The van der Waals surface area contributed by atoms with Gasteiger partial charge in [-0.1, -0.05) is 0 Å². The molecular weight excluding hydrogens is 254 g/mol. The van der Waals surface area contributed by atoms with Crippen LogP contribution in [0.3, 0.4) is 0 Å². The van der Waals surface area contributed by atoms with E-state index in [2.05, 4.69) is 28.1 Å². The number of aromatic amines is 1. The number of hydrogen-bond acceptors (Lipinski definition) is 4. The van der Waals surface area contributed by atoms with Crippen LogP contribution in [0.25, 0.3) is 0 Å². The molecule has 0 aliphatic heterocycles. The van der Waals surface area contributed by atoms with Crippen LogP contribution in [0.5, 0.6) is 0 Å². The molecule has 7 heteroatoms. The van der Waals surface area contributed by atoms with Gasteiger partial charge in [0.25, 0.3) is 0 Å². The maximum Gasteiger partial charge on any atom is 0.326 e. The molecule has 6 nitrogen and oxygen atoms in total. The lowest BCUT2D eigenvalue weighted by atomic mass is 10.1. The number of carbonyl (C=O) groups is 2. The molecule has 0 aliphatic rings. The smallest absolute Gasteiger partial charge is 0.326 e. The standard InChI is InChI=1S/C11H17N3O3S/c1-6-8(7(2)14-13-6)5-10(15)12-9(3-4-18)11(16)17/h9,18H,3-5H2,1-2H3,(H,12,15)(H,13,14)(H,16,17). The first-order chi connectivity index (χ1) is 8.45. The van der Waals surface area contributed by atoms with Gasteiger partial charge < -0.3 is 10.4 Å². The highest BCUT2D eigenvalue weighted by atomic mass is 32.1. The van der Waals surface area contributed by atoms with Crippen molar-refractivity contribution in [2.75, 3.05) is 5.75 Å². The Labute approximate surface area is 111 Å². The van der Waals surface area contributed by atoms with Crippen molar-refractivity contribution in [1.82, 2.24) is 15.5 Å². The van der Waals surface area contributed by atoms with Gasteiger partial charge in [-0.15, -0.1) is 0 Å². The molecule has 0 saturated heterocycles. The quantitative estimate of drug-likeness (QED) is 0.565. The monoisotopic (exact) mass is 271 g/mol. The van der Waals surface area contributed by atoms with Gasteiger partial charge in [0, 0.05) is 11.3 Å². The van der Waals surface area contributed by atoms with Crippen molar-refractivity contribution < 1.29 is 14.7 Å². The van der Waals surface area contributed by atoms with Crippen molar-refractivity contribution in [3.05, 3.63) is 17.0 Å². The number of hydrogen-bond donors (Lipinski definition) is 4. The van der Waals surface area contributed by atoms with Crippen LogP contribution < -0.4 is 5.32 Å². The van der Waals surface area contributed by atoms with E-state index < -0.39 is 12.0 Å². The van der Waals surface area contributed by atoms with Gasteiger partial charge in [-0.05, 0) is 26.0 Å². The van der Waals surface area contributed by atoms with Gasteiger partial charge in [0.1, 0.15) is 6.04 Å². The van der Waals surface area contributed by atoms with Gasteiger partial charge in [0.2, 0.25) is 5.91 Å². The Morgan fingerprint density at radius 3 is 2.61 bits per heavy atom. The molecule has 3 N–H and O–H groups in total. The summed E-state index contributed by atoms with van der Waals surface area (Å²) in [4.78, 5) is 22.7. The summed E-state index contributed by atoms with van der Waals surface area (Å²) >= 11 is 3.97. The van der Waals surface area contributed by atoms with E-state index in [-0.39, 0.29) is 12.3 Å². The molecule has 0 spiro atoms. The SMILES string of the molecule is Cc1n[nH]c(C)c1CC(=O)NC(CCS)C(=O)O. The zero-order chi connectivity index (χ0) is 13.7. The molecule has 0 fully saturated rings. The number of rotatable bonds is 6. The van der Waals surface area contributed by atoms with E-state index in [0.717, 1.165) is 17.0 Å². The maximum absolute atomic E-state index is 11.8. The Morgan fingerprint density at radius 2 is 2.17 bits per heavy atom. The number of aliphatic carboxylic acids is 1. The lowest BCUT2D eigenvalue weighted by molar-refractivity contribution is -0.141. The van der Waals surface area contributed by atoms with Crippen molar-refractivity contribution in [2.45, 2.75) is 32.7 Å². The molecule has 0 saturated carbocycles. The van der Waals surface area contributed by atoms with Gasteiger partial charge >= 0.3 is 5.97 Å². The second kappa shape index (κ2) is 6.44. The fourth-order valence-electron chi connectivity index (χ4n) is 1.63. The van der Waals surface area contributed by atoms with Crippen LogP contribution >= 0.6 is 12.6 Å². The van der Waals surface area contributed by atoms with Crippen LogP contribution in [0.4, 0.5) is 0 Å². The molecule has 1 atom stereocenters. The Kier molecular flexibility index (Phi) is 5.21. The first kappa shape index (κ1) is 14.6. The number of nitrogens with zero attached hydrogens (tertiary/aromatic N) is 1. The second-order valence-corrected chi connectivity index (χ2v) is 4.51. The molecule has 1 aromatic rings. The number of H-pyrrole nitrogens is 1. The zero-order valence-electron chi connectivity index (χ0n) is 10.4. The molecule has 100 valence electrons. The Balaban J connectivity index is 2.63. The molecule has 0 bridgehead atoms. The third-order valence-electron chi connectivity index (χ3n) is 2.67. The fourth-order valence-corrected chi connectivity index (χ4v) is 1.89. The van der Waals surface area contributed by atoms with Gasteiger partial charge in [0.05, 0.1) is 12.1 Å². The summed E-state index contributed by atoms with van der Waals surface area (Å²) in [5, 5.41) is 18.2. The molecule has 0 aromatic carbocycles. The van der Waals surface area contributed by atoms with E-state index in [4.69, 9.17) is 5.11 Å². The summed E-state index contributed by atoms with van der Waals surface area (Å²) < 4.78 is 0. The lowest BCUT2D eigenvalue weighted by Crippen LogP contribution is -2.41. The summed E-state index contributed by atoms with van der Waals surface area (Å²) in [6, 6.07) is -0.887. The van der Waals surface area contributed by atoms with Crippen molar-refractivity contribution >= 4 is 24.5 Å². The number of aryl methyl sites for hydroxylation is 2. The van der Waals surface area contributed by atoms with Crippen LogP contribution in [0.1, 0.15) is 23.4 Å². The topological polar surface area (TPSA) is 95.1 Å². The largest absolute Gasteiger partial charge is 0.480 e. The molecule has 18 heavy (non-hydrogen) atoms. The van der Waals surface area contributed by atoms with E-state index in [1.807, 2.05) is 6.92 Å². The van der Waals surface area contributed by atoms with Gasteiger partial charge in [-0.3, -0.25) is 9.89 Å². The molecule has 1 amide bonds. The van der Waals surface area contributed by atoms with Crippen molar-refractivity contribution in [3.63, 3.8) is 0 Å². The number of carboxylic acids is 1. The molecule has 1 unspecified atom stereocenters. The predicted octanol–water partition coefficient (Wildman–Crippen LogP) is 0.458. The van der Waals surface area contributed by atoms with Crippen molar-refractivity contribution in [3.8, 4) is 0 Å². The van der Waals surface area contributed by atoms with Crippen LogP contribution in [-0.2, 0) is 16.0 Å². The van der Waals surface area contributed by atoms with Crippen LogP contribution in [-0.4, -0.2) is 39.0 Å². The number of carboxylic acid groups (broad SMARTS) is 1. The molecule has 1 aromatic heterocycles. The van der Waals surface area contributed by atoms with Gasteiger partial charge in [0.15, 0.2) is 0 Å². The third-order valence-corrected chi connectivity index (χ3v) is 2.93. The highest BCUT2D eigenvalue weighted by molar-refractivity contribution is 7.80. The van der Waals surface area contributed by atoms with Crippen LogP contribution in [0.15, 0.2) is 0 Å². The number of nitrogens with one attached hydrogen (secondary N) is 2. The van der Waals surface area contributed by atoms with Crippen LogP contribution in [0.2, 0.25) is 0 Å². The second-order valence-electron chi connectivity index (χ2n) is 4.06. The van der Waals surface area contributed by atoms with Crippen molar-refractivity contribution in [1.29, 1.82) is 0 Å². The summed E-state index contributed by atoms with van der Waals surface area (Å²) in [7, 11) is 0. The highest BCUT2D eigenvalue weighted by Gasteiger charge is 2.20. The minimum atomic E-state index is -1.04. The zero-order valence-corrected chi connectivity index (χ0v) is 11.3. The van der Waals surface area contributed by atoms with Crippen molar-refractivity contribution in [2.24, 2.45) is 0 Å². The molecular formula is C11H17N3O3S. The van der Waals surface area contributed by atoms with E-state index in [0.29, 0.717) is 12.2 Å². The van der Waals surface area contributed by atoms with E-state index in [1.165, 1.54) is 0 Å². The van der Waals surface area contributed by atoms with E-state index in [1.54, 1.807) is 6.92 Å². The number of aromatic nitrogens is 2.